The van der Waals surface area contributed by atoms with E-state index in [1.165, 1.54) is 11.3 Å². The summed E-state index contributed by atoms with van der Waals surface area (Å²) in [5.74, 6) is 0.619. The Kier molecular flexibility index (Phi) is 3.43. The molecule has 0 spiro atoms. The van der Waals surface area contributed by atoms with Crippen molar-refractivity contribution in [3.63, 3.8) is 0 Å². The molecule has 0 aliphatic rings. The van der Waals surface area contributed by atoms with Gasteiger partial charge in [0, 0.05) is 10.9 Å². The summed E-state index contributed by atoms with van der Waals surface area (Å²) < 4.78 is 39.4. The minimum Gasteiger partial charge on any atom is -0.342 e. The van der Waals surface area contributed by atoms with Gasteiger partial charge in [-0.05, 0) is 19.1 Å². The predicted molar refractivity (Wildman–Crippen MR) is 88.0 cm³/mol. The summed E-state index contributed by atoms with van der Waals surface area (Å²) in [5.41, 5.74) is 3.67. The van der Waals surface area contributed by atoms with Gasteiger partial charge in [0.2, 0.25) is 0 Å². The zero-order valence-corrected chi connectivity index (χ0v) is 13.8. The highest BCUT2D eigenvalue weighted by atomic mass is 32.1. The normalized spacial score (nSPS) is 12.2. The molecule has 0 amide bonds. The second-order valence-electron chi connectivity index (χ2n) is 5.12. The molecule has 4 rings (SSSR count). The molecule has 1 aromatic carbocycles. The van der Waals surface area contributed by atoms with Crippen LogP contribution < -0.4 is 0 Å². The summed E-state index contributed by atoms with van der Waals surface area (Å²) in [7, 11) is 0. The number of aromatic amines is 1. The summed E-state index contributed by atoms with van der Waals surface area (Å²) in [6.45, 7) is 1.76. The molecule has 4 aromatic rings. The molecule has 0 saturated heterocycles. The number of H-pyrrole nitrogens is 1. The third-order valence-corrected chi connectivity index (χ3v) is 5.08. The zero-order chi connectivity index (χ0) is 16.9. The van der Waals surface area contributed by atoms with E-state index in [0.717, 1.165) is 32.5 Å². The summed E-state index contributed by atoms with van der Waals surface area (Å²) in [6, 6.07) is 5.70. The number of nitrogens with one attached hydrogen (secondary N) is 1. The van der Waals surface area contributed by atoms with Crippen LogP contribution in [0.15, 0.2) is 29.1 Å². The van der Waals surface area contributed by atoms with Crippen LogP contribution in [0.1, 0.15) is 11.5 Å². The molecule has 24 heavy (non-hydrogen) atoms. The van der Waals surface area contributed by atoms with Crippen LogP contribution in [-0.2, 0) is 6.18 Å². The van der Waals surface area contributed by atoms with Crippen LogP contribution in [0, 0.1) is 6.92 Å². The Morgan fingerprint density at radius 3 is 2.71 bits per heavy atom. The fourth-order valence-corrected chi connectivity index (χ4v) is 3.91. The maximum atomic E-state index is 12.8. The summed E-state index contributed by atoms with van der Waals surface area (Å²) in [6.07, 6.45) is -4.46. The average Bonchev–Trinajstić information content (AvgIpc) is 3.24. The zero-order valence-electron chi connectivity index (χ0n) is 12.2. The first-order valence-corrected chi connectivity index (χ1v) is 8.61. The van der Waals surface area contributed by atoms with E-state index in [9.17, 15) is 13.2 Å². The molecule has 0 aliphatic heterocycles. The maximum absolute atomic E-state index is 12.8. The van der Waals surface area contributed by atoms with E-state index in [0.29, 0.717) is 17.2 Å². The number of fused-ring (bicyclic) bond motifs is 1. The van der Waals surface area contributed by atoms with Crippen LogP contribution in [-0.4, -0.2) is 19.9 Å². The molecule has 0 fully saturated rings. The van der Waals surface area contributed by atoms with E-state index < -0.39 is 11.9 Å². The number of imidazole rings is 1. The van der Waals surface area contributed by atoms with Gasteiger partial charge in [0.1, 0.15) is 16.5 Å². The van der Waals surface area contributed by atoms with Gasteiger partial charge >= 0.3 is 6.18 Å². The molecule has 0 unspecified atom stereocenters. The molecule has 0 atom stereocenters. The van der Waals surface area contributed by atoms with Gasteiger partial charge < -0.3 is 4.98 Å². The monoisotopic (exact) mass is 366 g/mol. The van der Waals surface area contributed by atoms with Crippen molar-refractivity contribution in [1.29, 1.82) is 0 Å². The highest BCUT2D eigenvalue weighted by Gasteiger charge is 2.34. The Morgan fingerprint density at radius 1 is 1.12 bits per heavy atom. The molecule has 3 aromatic heterocycles. The van der Waals surface area contributed by atoms with E-state index >= 15 is 0 Å². The van der Waals surface area contributed by atoms with Gasteiger partial charge in [0.25, 0.3) is 0 Å². The van der Waals surface area contributed by atoms with Crippen molar-refractivity contribution in [3.8, 4) is 22.0 Å². The van der Waals surface area contributed by atoms with E-state index in [4.69, 9.17) is 0 Å². The molecular formula is C15H9F3N4S2. The van der Waals surface area contributed by atoms with Gasteiger partial charge in [-0.3, -0.25) is 0 Å². The lowest BCUT2D eigenvalue weighted by molar-refractivity contribution is -0.140. The van der Waals surface area contributed by atoms with Gasteiger partial charge in [0.15, 0.2) is 5.69 Å². The number of halogens is 3. The molecule has 0 bridgehead atoms. The number of hydrogen-bond acceptors (Lipinski definition) is 5. The van der Waals surface area contributed by atoms with Gasteiger partial charge in [-0.1, -0.05) is 6.07 Å². The van der Waals surface area contributed by atoms with Crippen molar-refractivity contribution in [2.45, 2.75) is 13.1 Å². The van der Waals surface area contributed by atoms with Crippen LogP contribution >= 0.6 is 22.7 Å². The molecule has 3 heterocycles. The van der Waals surface area contributed by atoms with Crippen molar-refractivity contribution in [2.24, 2.45) is 0 Å². The standard InChI is InChI=1S/C15H9F3N4S2/c1-7-20-12(8-2-3-9-10(4-8)24-6-19-9)13(21-7)14-22-11(5-23-14)15(16,17)18/h2-6H,1H3,(H,20,21). The Balaban J connectivity index is 1.84. The number of hydrogen-bond donors (Lipinski definition) is 1. The molecule has 4 nitrogen and oxygen atoms in total. The topological polar surface area (TPSA) is 54.5 Å². The Labute approximate surface area is 142 Å². The highest BCUT2D eigenvalue weighted by molar-refractivity contribution is 7.16. The summed E-state index contributed by atoms with van der Waals surface area (Å²) >= 11 is 2.44. The third-order valence-electron chi connectivity index (χ3n) is 3.44. The van der Waals surface area contributed by atoms with E-state index in [2.05, 4.69) is 19.9 Å². The van der Waals surface area contributed by atoms with Gasteiger partial charge in [-0.25, -0.2) is 15.0 Å². The predicted octanol–water partition coefficient (Wildman–Crippen LogP) is 5.14. The van der Waals surface area contributed by atoms with Crippen molar-refractivity contribution >= 4 is 32.9 Å². The third kappa shape index (κ3) is 2.59. The van der Waals surface area contributed by atoms with Gasteiger partial charge in [0.05, 0.1) is 21.4 Å². The summed E-state index contributed by atoms with van der Waals surface area (Å²) in [5, 5.41) is 1.25. The molecule has 0 aliphatic carbocycles. The number of aryl methyl sites for hydroxylation is 1. The van der Waals surface area contributed by atoms with E-state index in [-0.39, 0.29) is 5.01 Å². The second kappa shape index (κ2) is 5.38. The number of nitrogens with zero attached hydrogens (tertiary/aromatic N) is 3. The molecule has 0 saturated carbocycles. The Bertz CT molecular complexity index is 1030. The maximum Gasteiger partial charge on any atom is 0.434 e. The summed E-state index contributed by atoms with van der Waals surface area (Å²) in [4.78, 5) is 15.4. The first kappa shape index (κ1) is 15.3. The number of rotatable bonds is 2. The quantitative estimate of drug-likeness (QED) is 0.535. The Morgan fingerprint density at radius 2 is 1.96 bits per heavy atom. The second-order valence-corrected chi connectivity index (χ2v) is 6.86. The fourth-order valence-electron chi connectivity index (χ4n) is 2.38. The number of benzene rings is 1. The van der Waals surface area contributed by atoms with Crippen molar-refractivity contribution < 1.29 is 13.2 Å². The number of aromatic nitrogens is 4. The van der Waals surface area contributed by atoms with Crippen LogP contribution in [0.3, 0.4) is 0 Å². The smallest absolute Gasteiger partial charge is 0.342 e. The lowest BCUT2D eigenvalue weighted by atomic mass is 10.1. The average molecular weight is 366 g/mol. The number of thiazole rings is 2. The lowest BCUT2D eigenvalue weighted by Gasteiger charge is -2.02. The van der Waals surface area contributed by atoms with Crippen molar-refractivity contribution in [2.75, 3.05) is 0 Å². The highest BCUT2D eigenvalue weighted by Crippen LogP contribution is 2.37. The van der Waals surface area contributed by atoms with Crippen molar-refractivity contribution in [3.05, 3.63) is 40.6 Å². The van der Waals surface area contributed by atoms with Crippen molar-refractivity contribution in [1.82, 2.24) is 19.9 Å². The first-order chi connectivity index (χ1) is 11.4. The molecule has 1 N–H and O–H groups in total. The van der Waals surface area contributed by atoms with Gasteiger partial charge in [-0.2, -0.15) is 13.2 Å². The first-order valence-electron chi connectivity index (χ1n) is 6.85. The number of alkyl halides is 3. The van der Waals surface area contributed by atoms with Gasteiger partial charge in [-0.15, -0.1) is 22.7 Å². The Hall–Kier alpha value is -2.26. The van der Waals surface area contributed by atoms with E-state index in [1.54, 1.807) is 12.4 Å². The fraction of sp³-hybridized carbons (Fsp3) is 0.133. The minimum atomic E-state index is -4.46. The molecular weight excluding hydrogens is 357 g/mol. The van der Waals surface area contributed by atoms with Crippen LogP contribution in [0.5, 0.6) is 0 Å². The lowest BCUT2D eigenvalue weighted by Crippen LogP contribution is -2.04. The SMILES string of the molecule is Cc1nc(-c2nc(C(F)(F)F)cs2)c(-c2ccc3ncsc3c2)[nH]1. The molecule has 122 valence electrons. The van der Waals surface area contributed by atoms with Crippen LogP contribution in [0.2, 0.25) is 0 Å². The molecule has 0 radical (unpaired) electrons. The van der Waals surface area contributed by atoms with Crippen LogP contribution in [0.4, 0.5) is 13.2 Å². The largest absolute Gasteiger partial charge is 0.434 e. The van der Waals surface area contributed by atoms with E-state index in [1.807, 2.05) is 18.2 Å². The van der Waals surface area contributed by atoms with Crippen LogP contribution in [0.25, 0.3) is 32.2 Å². The molecule has 9 heteroatoms. The minimum absolute atomic E-state index is 0.242.